The molecule has 3 atom stereocenters. The molecule has 1 aromatic rings. The lowest BCUT2D eigenvalue weighted by Crippen LogP contribution is -2.30. The van der Waals surface area contributed by atoms with Crippen molar-refractivity contribution < 1.29 is 14.6 Å². The lowest BCUT2D eigenvalue weighted by atomic mass is 9.99. The summed E-state index contributed by atoms with van der Waals surface area (Å²) in [4.78, 5) is 14.0. The zero-order valence-electron chi connectivity index (χ0n) is 12.2. The molecule has 110 valence electrons. The fourth-order valence-corrected chi connectivity index (χ4v) is 2.78. The van der Waals surface area contributed by atoms with E-state index in [1.165, 1.54) is 0 Å². The van der Waals surface area contributed by atoms with Crippen molar-refractivity contribution in [2.75, 3.05) is 20.3 Å². The van der Waals surface area contributed by atoms with Crippen molar-refractivity contribution in [1.29, 1.82) is 0 Å². The van der Waals surface area contributed by atoms with Crippen molar-refractivity contribution in [3.8, 4) is 0 Å². The maximum Gasteiger partial charge on any atom is 0.223 e. The molecular weight excluding hydrogens is 254 g/mol. The fourth-order valence-electron chi connectivity index (χ4n) is 2.78. The Morgan fingerprint density at radius 2 is 2.10 bits per heavy atom. The standard InChI is InChI=1S/C16H23NO3/c1-12(13-6-4-3-5-7-13)17-11-14(10-16(17)19)15(18)8-9-20-2/h3-7,12,14-15,18H,8-11H2,1-2H3/t12-,14-,15-/m1/s1. The minimum absolute atomic E-state index is 0.0174. The number of aliphatic hydroxyl groups excluding tert-OH is 1. The van der Waals surface area contributed by atoms with Crippen molar-refractivity contribution >= 4 is 5.91 Å². The molecule has 4 heteroatoms. The van der Waals surface area contributed by atoms with Gasteiger partial charge in [0.1, 0.15) is 0 Å². The Hall–Kier alpha value is -1.39. The molecule has 1 aliphatic heterocycles. The van der Waals surface area contributed by atoms with E-state index in [1.807, 2.05) is 42.2 Å². The third kappa shape index (κ3) is 3.38. The second kappa shape index (κ2) is 6.86. The molecule has 0 aliphatic carbocycles. The maximum atomic E-state index is 12.2. The van der Waals surface area contributed by atoms with Gasteiger partial charge in [-0.1, -0.05) is 30.3 Å². The molecule has 0 bridgehead atoms. The average molecular weight is 277 g/mol. The van der Waals surface area contributed by atoms with Crippen molar-refractivity contribution in [3.63, 3.8) is 0 Å². The van der Waals surface area contributed by atoms with Crippen LogP contribution in [0.2, 0.25) is 0 Å². The Morgan fingerprint density at radius 1 is 1.40 bits per heavy atom. The number of aliphatic hydroxyl groups is 1. The molecule has 2 rings (SSSR count). The Labute approximate surface area is 120 Å². The average Bonchev–Trinajstić information content (AvgIpc) is 2.87. The largest absolute Gasteiger partial charge is 0.393 e. The summed E-state index contributed by atoms with van der Waals surface area (Å²) in [7, 11) is 1.62. The Kier molecular flexibility index (Phi) is 5.15. The maximum absolute atomic E-state index is 12.2. The number of methoxy groups -OCH3 is 1. The third-order valence-electron chi connectivity index (χ3n) is 4.10. The van der Waals surface area contributed by atoms with Crippen molar-refractivity contribution in [1.82, 2.24) is 4.90 Å². The highest BCUT2D eigenvalue weighted by molar-refractivity contribution is 5.79. The van der Waals surface area contributed by atoms with Crippen LogP contribution in [0.1, 0.15) is 31.4 Å². The van der Waals surface area contributed by atoms with Gasteiger partial charge in [-0.2, -0.15) is 0 Å². The number of rotatable bonds is 6. The lowest BCUT2D eigenvalue weighted by Gasteiger charge is -2.26. The number of amides is 1. The van der Waals surface area contributed by atoms with E-state index in [0.717, 1.165) is 5.56 Å². The third-order valence-corrected chi connectivity index (χ3v) is 4.10. The van der Waals surface area contributed by atoms with Gasteiger partial charge in [0, 0.05) is 32.6 Å². The van der Waals surface area contributed by atoms with Gasteiger partial charge < -0.3 is 14.7 Å². The van der Waals surface area contributed by atoms with Gasteiger partial charge in [0.15, 0.2) is 0 Å². The summed E-state index contributed by atoms with van der Waals surface area (Å²) in [6.07, 6.45) is 0.552. The van der Waals surface area contributed by atoms with Crippen LogP contribution in [0.25, 0.3) is 0 Å². The van der Waals surface area contributed by atoms with E-state index in [1.54, 1.807) is 7.11 Å². The normalized spacial score (nSPS) is 22.1. The minimum atomic E-state index is -0.466. The lowest BCUT2D eigenvalue weighted by molar-refractivity contribution is -0.129. The topological polar surface area (TPSA) is 49.8 Å². The quantitative estimate of drug-likeness (QED) is 0.865. The smallest absolute Gasteiger partial charge is 0.223 e. The second-order valence-electron chi connectivity index (χ2n) is 5.45. The molecule has 20 heavy (non-hydrogen) atoms. The summed E-state index contributed by atoms with van der Waals surface area (Å²) >= 11 is 0. The highest BCUT2D eigenvalue weighted by Gasteiger charge is 2.36. The van der Waals surface area contributed by atoms with Crippen LogP contribution in [0.3, 0.4) is 0 Å². The molecule has 1 heterocycles. The molecule has 1 aromatic carbocycles. The van der Waals surface area contributed by atoms with Crippen LogP contribution in [0.15, 0.2) is 30.3 Å². The number of carbonyl (C=O) groups excluding carboxylic acids is 1. The van der Waals surface area contributed by atoms with E-state index in [-0.39, 0.29) is 17.9 Å². The number of hydrogen-bond donors (Lipinski definition) is 1. The van der Waals surface area contributed by atoms with Gasteiger partial charge in [-0.3, -0.25) is 4.79 Å². The fraction of sp³-hybridized carbons (Fsp3) is 0.562. The van der Waals surface area contributed by atoms with Gasteiger partial charge >= 0.3 is 0 Å². The van der Waals surface area contributed by atoms with Crippen LogP contribution < -0.4 is 0 Å². The number of carbonyl (C=O) groups is 1. The highest BCUT2D eigenvalue weighted by Crippen LogP contribution is 2.30. The Balaban J connectivity index is 1.99. The molecule has 1 saturated heterocycles. The predicted molar refractivity (Wildman–Crippen MR) is 77.2 cm³/mol. The molecule has 4 nitrogen and oxygen atoms in total. The summed E-state index contributed by atoms with van der Waals surface area (Å²) in [5.41, 5.74) is 1.13. The first-order valence-electron chi connectivity index (χ1n) is 7.15. The zero-order chi connectivity index (χ0) is 14.5. The van der Waals surface area contributed by atoms with Crippen molar-refractivity contribution in [3.05, 3.63) is 35.9 Å². The summed E-state index contributed by atoms with van der Waals surface area (Å²) in [5.74, 6) is 0.145. The van der Waals surface area contributed by atoms with E-state index < -0.39 is 6.10 Å². The van der Waals surface area contributed by atoms with E-state index in [4.69, 9.17) is 4.74 Å². The number of likely N-dealkylation sites (tertiary alicyclic amines) is 1. The van der Waals surface area contributed by atoms with Gasteiger partial charge in [-0.05, 0) is 18.9 Å². The van der Waals surface area contributed by atoms with Crippen molar-refractivity contribution in [2.24, 2.45) is 5.92 Å². The van der Waals surface area contributed by atoms with Gasteiger partial charge in [-0.15, -0.1) is 0 Å². The van der Waals surface area contributed by atoms with Gasteiger partial charge in [0.2, 0.25) is 5.91 Å². The first kappa shape index (κ1) is 15.0. The van der Waals surface area contributed by atoms with Crippen LogP contribution >= 0.6 is 0 Å². The van der Waals surface area contributed by atoms with Crippen LogP contribution in [0.5, 0.6) is 0 Å². The number of nitrogens with zero attached hydrogens (tertiary/aromatic N) is 1. The minimum Gasteiger partial charge on any atom is -0.393 e. The van der Waals surface area contributed by atoms with E-state index in [9.17, 15) is 9.90 Å². The number of benzene rings is 1. The first-order valence-corrected chi connectivity index (χ1v) is 7.15. The predicted octanol–water partition coefficient (Wildman–Crippen LogP) is 1.99. The molecule has 1 fully saturated rings. The first-order chi connectivity index (χ1) is 9.63. The summed E-state index contributed by atoms with van der Waals surface area (Å²) in [6, 6.07) is 10.1. The molecule has 0 saturated carbocycles. The van der Waals surface area contributed by atoms with E-state index in [0.29, 0.717) is 26.0 Å². The van der Waals surface area contributed by atoms with E-state index >= 15 is 0 Å². The van der Waals surface area contributed by atoms with Gasteiger partial charge in [0.05, 0.1) is 12.1 Å². The second-order valence-corrected chi connectivity index (χ2v) is 5.45. The van der Waals surface area contributed by atoms with E-state index in [2.05, 4.69) is 0 Å². The molecule has 1 amide bonds. The summed E-state index contributed by atoms with van der Waals surface area (Å²) < 4.78 is 4.98. The summed E-state index contributed by atoms with van der Waals surface area (Å²) in [6.45, 7) is 3.19. The van der Waals surface area contributed by atoms with Gasteiger partial charge in [0.25, 0.3) is 0 Å². The molecule has 0 unspecified atom stereocenters. The van der Waals surface area contributed by atoms with Crippen molar-refractivity contribution in [2.45, 2.75) is 31.9 Å². The monoisotopic (exact) mass is 277 g/mol. The van der Waals surface area contributed by atoms with Crippen LogP contribution in [0, 0.1) is 5.92 Å². The number of ether oxygens (including phenoxy) is 1. The Bertz CT molecular complexity index is 435. The number of hydrogen-bond acceptors (Lipinski definition) is 3. The highest BCUT2D eigenvalue weighted by atomic mass is 16.5. The molecule has 0 aromatic heterocycles. The van der Waals surface area contributed by atoms with Crippen LogP contribution in [-0.4, -0.2) is 42.3 Å². The molecular formula is C16H23NO3. The zero-order valence-corrected chi connectivity index (χ0v) is 12.2. The Morgan fingerprint density at radius 3 is 2.75 bits per heavy atom. The van der Waals surface area contributed by atoms with Crippen LogP contribution in [0.4, 0.5) is 0 Å². The molecule has 0 spiro atoms. The molecule has 1 aliphatic rings. The summed E-state index contributed by atoms with van der Waals surface area (Å²) in [5, 5.41) is 10.1. The van der Waals surface area contributed by atoms with Gasteiger partial charge in [-0.25, -0.2) is 0 Å². The van der Waals surface area contributed by atoms with Crippen LogP contribution in [-0.2, 0) is 9.53 Å². The molecule has 0 radical (unpaired) electrons. The molecule has 1 N–H and O–H groups in total. The SMILES string of the molecule is COCC[C@@H](O)[C@@H]1CC(=O)N([C@H](C)c2ccccc2)C1.